The zero-order chi connectivity index (χ0) is 14.7. The molecule has 7 heteroatoms. The average molecular weight is 302 g/mol. The number of carboxylic acid groups (broad SMARTS) is 1. The Morgan fingerprint density at radius 1 is 1.50 bits per heavy atom. The molecule has 0 saturated carbocycles. The van der Waals surface area contributed by atoms with Crippen LogP contribution in [0.3, 0.4) is 0 Å². The van der Waals surface area contributed by atoms with E-state index in [1.165, 1.54) is 17.0 Å². The minimum atomic E-state index is -1.00. The molecule has 1 heterocycles. The molecule has 0 aliphatic carbocycles. The summed E-state index contributed by atoms with van der Waals surface area (Å²) in [5.41, 5.74) is -0.117. The van der Waals surface area contributed by atoms with Crippen LogP contribution in [0.25, 0.3) is 0 Å². The van der Waals surface area contributed by atoms with Gasteiger partial charge in [-0.3, -0.25) is 9.59 Å². The maximum absolute atomic E-state index is 13.7. The standard InChI is InChI=1S/C13H13ClFNO4/c14-8-1-2-11(15)10(5-8)13(19)16-3-4-20-9(7-16)6-12(17)18/h1-2,5,9H,3-4,6-7H2,(H,17,18)/t9-/m0/s1. The zero-order valence-corrected chi connectivity index (χ0v) is 11.3. The maximum Gasteiger partial charge on any atom is 0.306 e. The van der Waals surface area contributed by atoms with Gasteiger partial charge < -0.3 is 14.7 Å². The molecule has 0 spiro atoms. The second-order valence-corrected chi connectivity index (χ2v) is 4.90. The maximum atomic E-state index is 13.7. The molecule has 1 aliphatic heterocycles. The molecule has 2 rings (SSSR count). The molecule has 0 bridgehead atoms. The Balaban J connectivity index is 2.12. The molecule has 1 atom stereocenters. The van der Waals surface area contributed by atoms with E-state index in [-0.39, 0.29) is 30.2 Å². The number of hydrogen-bond donors (Lipinski definition) is 1. The van der Waals surface area contributed by atoms with Crippen LogP contribution in [0.4, 0.5) is 4.39 Å². The number of carbonyl (C=O) groups is 2. The number of carboxylic acids is 1. The van der Waals surface area contributed by atoms with E-state index in [9.17, 15) is 14.0 Å². The fourth-order valence-electron chi connectivity index (χ4n) is 2.05. The highest BCUT2D eigenvalue weighted by molar-refractivity contribution is 6.31. The Hall–Kier alpha value is -1.66. The predicted molar refractivity (Wildman–Crippen MR) is 69.3 cm³/mol. The summed E-state index contributed by atoms with van der Waals surface area (Å²) in [6.45, 7) is 0.643. The van der Waals surface area contributed by atoms with Gasteiger partial charge in [-0.2, -0.15) is 0 Å². The summed E-state index contributed by atoms with van der Waals surface area (Å²) < 4.78 is 18.9. The molecular formula is C13H13ClFNO4. The van der Waals surface area contributed by atoms with Gasteiger partial charge >= 0.3 is 5.97 Å². The third kappa shape index (κ3) is 3.46. The number of amides is 1. The average Bonchev–Trinajstić information content (AvgIpc) is 2.40. The first-order valence-electron chi connectivity index (χ1n) is 6.05. The van der Waals surface area contributed by atoms with Crippen molar-refractivity contribution in [2.45, 2.75) is 12.5 Å². The van der Waals surface area contributed by atoms with Crippen molar-refractivity contribution in [2.24, 2.45) is 0 Å². The van der Waals surface area contributed by atoms with Gasteiger partial charge in [0.05, 0.1) is 24.7 Å². The molecule has 1 aliphatic rings. The van der Waals surface area contributed by atoms with Crippen LogP contribution in [0, 0.1) is 5.82 Å². The topological polar surface area (TPSA) is 66.8 Å². The monoisotopic (exact) mass is 301 g/mol. The Kier molecular flexibility index (Phi) is 4.57. The second kappa shape index (κ2) is 6.19. The first-order valence-corrected chi connectivity index (χ1v) is 6.43. The van der Waals surface area contributed by atoms with Crippen LogP contribution in [-0.2, 0) is 9.53 Å². The zero-order valence-electron chi connectivity index (χ0n) is 10.5. The molecule has 0 radical (unpaired) electrons. The number of morpholine rings is 1. The summed E-state index contributed by atoms with van der Waals surface area (Å²) in [5.74, 6) is -2.16. The first-order chi connectivity index (χ1) is 9.47. The number of nitrogens with zero attached hydrogens (tertiary/aromatic N) is 1. The van der Waals surface area contributed by atoms with Crippen LogP contribution in [0.1, 0.15) is 16.8 Å². The number of aliphatic carboxylic acids is 1. The molecule has 1 fully saturated rings. The van der Waals surface area contributed by atoms with Crippen molar-refractivity contribution in [3.63, 3.8) is 0 Å². The lowest BCUT2D eigenvalue weighted by Crippen LogP contribution is -2.46. The Morgan fingerprint density at radius 3 is 2.95 bits per heavy atom. The summed E-state index contributed by atoms with van der Waals surface area (Å²) in [4.78, 5) is 24.3. The van der Waals surface area contributed by atoms with Crippen molar-refractivity contribution in [3.8, 4) is 0 Å². The minimum absolute atomic E-state index is 0.117. The quantitative estimate of drug-likeness (QED) is 0.924. The normalized spacial score (nSPS) is 18.9. The van der Waals surface area contributed by atoms with Crippen LogP contribution in [-0.4, -0.2) is 47.7 Å². The van der Waals surface area contributed by atoms with Crippen LogP contribution in [0.2, 0.25) is 5.02 Å². The number of halogens is 2. The van der Waals surface area contributed by atoms with E-state index in [0.717, 1.165) is 6.07 Å². The molecule has 1 N–H and O–H groups in total. The summed E-state index contributed by atoms with van der Waals surface area (Å²) in [6, 6.07) is 3.76. The van der Waals surface area contributed by atoms with Gasteiger partial charge in [-0.05, 0) is 18.2 Å². The van der Waals surface area contributed by atoms with E-state index in [2.05, 4.69) is 0 Å². The molecule has 1 aromatic carbocycles. The molecule has 5 nitrogen and oxygen atoms in total. The fourth-order valence-corrected chi connectivity index (χ4v) is 2.23. The van der Waals surface area contributed by atoms with Gasteiger partial charge in [-0.15, -0.1) is 0 Å². The molecule has 0 aromatic heterocycles. The Morgan fingerprint density at radius 2 is 2.25 bits per heavy atom. The van der Waals surface area contributed by atoms with Crippen molar-refractivity contribution >= 4 is 23.5 Å². The Labute approximate surface area is 119 Å². The van der Waals surface area contributed by atoms with Crippen LogP contribution < -0.4 is 0 Å². The van der Waals surface area contributed by atoms with Gasteiger partial charge in [-0.1, -0.05) is 11.6 Å². The van der Waals surface area contributed by atoms with Crippen LogP contribution >= 0.6 is 11.6 Å². The van der Waals surface area contributed by atoms with E-state index in [0.29, 0.717) is 6.54 Å². The largest absolute Gasteiger partial charge is 0.481 e. The SMILES string of the molecule is O=C(O)C[C@H]1CN(C(=O)c2cc(Cl)ccc2F)CCO1. The van der Waals surface area contributed by atoms with E-state index < -0.39 is 23.8 Å². The smallest absolute Gasteiger partial charge is 0.306 e. The number of carbonyl (C=O) groups excluding carboxylic acids is 1. The van der Waals surface area contributed by atoms with Crippen LogP contribution in [0.15, 0.2) is 18.2 Å². The van der Waals surface area contributed by atoms with Crippen molar-refractivity contribution in [3.05, 3.63) is 34.6 Å². The first kappa shape index (κ1) is 14.7. The predicted octanol–water partition coefficient (Wildman–Crippen LogP) is 1.79. The lowest BCUT2D eigenvalue weighted by molar-refractivity contribution is -0.141. The van der Waals surface area contributed by atoms with E-state index >= 15 is 0 Å². The summed E-state index contributed by atoms with van der Waals surface area (Å²) in [5, 5.41) is 9.00. The third-order valence-electron chi connectivity index (χ3n) is 2.99. The summed E-state index contributed by atoms with van der Waals surface area (Å²) in [6.07, 6.45) is -0.769. The second-order valence-electron chi connectivity index (χ2n) is 4.47. The summed E-state index contributed by atoms with van der Waals surface area (Å²) >= 11 is 5.76. The molecule has 1 aromatic rings. The van der Waals surface area contributed by atoms with Crippen molar-refractivity contribution in [1.82, 2.24) is 4.90 Å². The number of benzene rings is 1. The highest BCUT2D eigenvalue weighted by Crippen LogP contribution is 2.18. The van der Waals surface area contributed by atoms with Crippen molar-refractivity contribution in [2.75, 3.05) is 19.7 Å². The molecule has 1 amide bonds. The minimum Gasteiger partial charge on any atom is -0.481 e. The van der Waals surface area contributed by atoms with E-state index in [4.69, 9.17) is 21.4 Å². The van der Waals surface area contributed by atoms with Crippen molar-refractivity contribution < 1.29 is 23.8 Å². The molecule has 20 heavy (non-hydrogen) atoms. The van der Waals surface area contributed by atoms with Gasteiger partial charge in [-0.25, -0.2) is 4.39 Å². The highest BCUT2D eigenvalue weighted by atomic mass is 35.5. The third-order valence-corrected chi connectivity index (χ3v) is 3.22. The summed E-state index contributed by atoms with van der Waals surface area (Å²) in [7, 11) is 0. The molecule has 108 valence electrons. The van der Waals surface area contributed by atoms with Gasteiger partial charge in [0.15, 0.2) is 0 Å². The highest BCUT2D eigenvalue weighted by Gasteiger charge is 2.27. The number of hydrogen-bond acceptors (Lipinski definition) is 3. The lowest BCUT2D eigenvalue weighted by atomic mass is 10.1. The molecule has 1 saturated heterocycles. The van der Waals surface area contributed by atoms with E-state index in [1.54, 1.807) is 0 Å². The number of rotatable bonds is 3. The van der Waals surface area contributed by atoms with Crippen LogP contribution in [0.5, 0.6) is 0 Å². The van der Waals surface area contributed by atoms with Crippen molar-refractivity contribution in [1.29, 1.82) is 0 Å². The van der Waals surface area contributed by atoms with E-state index in [1.807, 2.05) is 0 Å². The lowest BCUT2D eigenvalue weighted by Gasteiger charge is -2.32. The fraction of sp³-hybridized carbons (Fsp3) is 0.385. The van der Waals surface area contributed by atoms with Gasteiger partial charge in [0.25, 0.3) is 5.91 Å². The Bertz CT molecular complexity index is 537. The van der Waals surface area contributed by atoms with Gasteiger partial charge in [0.1, 0.15) is 5.82 Å². The van der Waals surface area contributed by atoms with Gasteiger partial charge in [0.2, 0.25) is 0 Å². The van der Waals surface area contributed by atoms with Gasteiger partial charge in [0, 0.05) is 18.1 Å². The number of ether oxygens (including phenoxy) is 1. The molecule has 0 unspecified atom stereocenters. The molecular weight excluding hydrogens is 289 g/mol.